The number of carbonyl (C=O) groups is 1. The molecule has 1 aliphatic carbocycles. The van der Waals surface area contributed by atoms with Crippen molar-refractivity contribution in [3.63, 3.8) is 0 Å². The summed E-state index contributed by atoms with van der Waals surface area (Å²) in [6.07, 6.45) is 8.51. The van der Waals surface area contributed by atoms with Crippen LogP contribution in [-0.2, 0) is 11.3 Å². The van der Waals surface area contributed by atoms with Gasteiger partial charge in [0.1, 0.15) is 5.82 Å². The number of amides is 1. The Kier molecular flexibility index (Phi) is 4.70. The van der Waals surface area contributed by atoms with Crippen molar-refractivity contribution in [1.29, 1.82) is 0 Å². The van der Waals surface area contributed by atoms with Crippen LogP contribution in [0.1, 0.15) is 44.1 Å². The van der Waals surface area contributed by atoms with Gasteiger partial charge in [-0.1, -0.05) is 19.3 Å². The Balaban J connectivity index is 1.85. The first kappa shape index (κ1) is 13.0. The molecule has 4 nitrogen and oxygen atoms in total. The Bertz CT molecular complexity index is 400. The summed E-state index contributed by atoms with van der Waals surface area (Å²) in [4.78, 5) is 16.0. The molecule has 0 bridgehead atoms. The summed E-state index contributed by atoms with van der Waals surface area (Å²) in [5.74, 6) is 1.23. The lowest BCUT2D eigenvalue weighted by atomic mass is 9.87. The second kappa shape index (κ2) is 6.50. The lowest BCUT2D eigenvalue weighted by Crippen LogP contribution is -2.19. The van der Waals surface area contributed by atoms with Crippen LogP contribution in [0.2, 0.25) is 0 Å². The minimum Gasteiger partial charge on any atom is -0.326 e. The summed E-state index contributed by atoms with van der Waals surface area (Å²) in [5.41, 5.74) is 6.54. The molecular formula is C14H21N3O. The number of rotatable bonds is 4. The Morgan fingerprint density at radius 2 is 2.17 bits per heavy atom. The average molecular weight is 247 g/mol. The number of nitrogens with zero attached hydrogens (tertiary/aromatic N) is 1. The van der Waals surface area contributed by atoms with Gasteiger partial charge in [0, 0.05) is 19.2 Å². The van der Waals surface area contributed by atoms with E-state index in [0.29, 0.717) is 24.7 Å². The second-order valence-electron chi connectivity index (χ2n) is 5.01. The third kappa shape index (κ3) is 3.81. The Hall–Kier alpha value is -1.42. The third-order valence-corrected chi connectivity index (χ3v) is 3.53. The van der Waals surface area contributed by atoms with Crippen molar-refractivity contribution in [2.45, 2.75) is 45.1 Å². The van der Waals surface area contributed by atoms with E-state index >= 15 is 0 Å². The number of nitrogens with two attached hydrogens (primary N) is 1. The molecule has 2 rings (SSSR count). The zero-order chi connectivity index (χ0) is 12.8. The van der Waals surface area contributed by atoms with Crippen LogP contribution in [0.25, 0.3) is 0 Å². The molecule has 0 aliphatic heterocycles. The highest BCUT2D eigenvalue weighted by molar-refractivity contribution is 5.89. The summed E-state index contributed by atoms with van der Waals surface area (Å²) in [7, 11) is 0. The molecule has 4 heteroatoms. The normalized spacial score (nSPS) is 16.5. The number of hydrogen-bond acceptors (Lipinski definition) is 3. The Labute approximate surface area is 108 Å². The number of nitrogens with one attached hydrogen (secondary N) is 1. The lowest BCUT2D eigenvalue weighted by Gasteiger charge is -2.20. The van der Waals surface area contributed by atoms with Crippen LogP contribution in [0.15, 0.2) is 18.3 Å². The molecule has 0 aromatic carbocycles. The second-order valence-corrected chi connectivity index (χ2v) is 5.01. The zero-order valence-electron chi connectivity index (χ0n) is 10.7. The number of carbonyl (C=O) groups excluding carboxylic acids is 1. The van der Waals surface area contributed by atoms with Crippen LogP contribution in [-0.4, -0.2) is 10.9 Å². The summed E-state index contributed by atoms with van der Waals surface area (Å²) in [6.45, 7) is 0.466. The maximum Gasteiger partial charge on any atom is 0.225 e. The molecular weight excluding hydrogens is 226 g/mol. The Morgan fingerprint density at radius 3 is 2.89 bits per heavy atom. The molecule has 1 fully saturated rings. The molecule has 3 N–H and O–H groups in total. The summed E-state index contributed by atoms with van der Waals surface area (Å²) < 4.78 is 0. The molecule has 1 aromatic rings. The number of pyridine rings is 1. The van der Waals surface area contributed by atoms with Crippen LogP contribution >= 0.6 is 0 Å². The lowest BCUT2D eigenvalue weighted by molar-refractivity contribution is -0.117. The first-order chi connectivity index (χ1) is 8.78. The van der Waals surface area contributed by atoms with Gasteiger partial charge in [0.15, 0.2) is 0 Å². The quantitative estimate of drug-likeness (QED) is 0.858. The average Bonchev–Trinajstić information content (AvgIpc) is 2.40. The van der Waals surface area contributed by atoms with E-state index in [9.17, 15) is 4.79 Å². The van der Waals surface area contributed by atoms with Gasteiger partial charge in [-0.3, -0.25) is 4.79 Å². The van der Waals surface area contributed by atoms with E-state index in [-0.39, 0.29) is 5.91 Å². The molecule has 1 amide bonds. The van der Waals surface area contributed by atoms with Gasteiger partial charge in [-0.2, -0.15) is 0 Å². The molecule has 98 valence electrons. The van der Waals surface area contributed by atoms with Gasteiger partial charge < -0.3 is 11.1 Å². The third-order valence-electron chi connectivity index (χ3n) is 3.53. The fourth-order valence-corrected chi connectivity index (χ4v) is 2.52. The molecule has 0 atom stereocenters. The van der Waals surface area contributed by atoms with Gasteiger partial charge >= 0.3 is 0 Å². The first-order valence-corrected chi connectivity index (χ1v) is 6.73. The van der Waals surface area contributed by atoms with Gasteiger partial charge in [-0.05, 0) is 36.5 Å². The van der Waals surface area contributed by atoms with E-state index in [1.165, 1.54) is 32.1 Å². The molecule has 1 aromatic heterocycles. The first-order valence-electron chi connectivity index (χ1n) is 6.73. The monoisotopic (exact) mass is 247 g/mol. The minimum absolute atomic E-state index is 0.0728. The topological polar surface area (TPSA) is 68.0 Å². The fourth-order valence-electron chi connectivity index (χ4n) is 2.52. The van der Waals surface area contributed by atoms with Crippen LogP contribution in [0.4, 0.5) is 5.82 Å². The van der Waals surface area contributed by atoms with E-state index in [2.05, 4.69) is 10.3 Å². The van der Waals surface area contributed by atoms with E-state index in [1.54, 1.807) is 6.20 Å². The maximum absolute atomic E-state index is 11.9. The van der Waals surface area contributed by atoms with E-state index in [1.807, 2.05) is 12.1 Å². The molecule has 1 heterocycles. The number of hydrogen-bond donors (Lipinski definition) is 2. The van der Waals surface area contributed by atoms with Gasteiger partial charge in [0.25, 0.3) is 0 Å². The zero-order valence-corrected chi connectivity index (χ0v) is 10.7. The van der Waals surface area contributed by atoms with Crippen LogP contribution in [0.3, 0.4) is 0 Å². The molecule has 18 heavy (non-hydrogen) atoms. The molecule has 0 unspecified atom stereocenters. The van der Waals surface area contributed by atoms with Crippen LogP contribution in [0, 0.1) is 5.92 Å². The molecule has 1 saturated carbocycles. The van der Waals surface area contributed by atoms with E-state index in [0.717, 1.165) is 5.56 Å². The minimum atomic E-state index is 0.0728. The predicted octanol–water partition coefficient (Wildman–Crippen LogP) is 2.45. The highest BCUT2D eigenvalue weighted by atomic mass is 16.1. The van der Waals surface area contributed by atoms with Crippen molar-refractivity contribution in [3.8, 4) is 0 Å². The van der Waals surface area contributed by atoms with E-state index in [4.69, 9.17) is 5.73 Å². The van der Waals surface area contributed by atoms with E-state index < -0.39 is 0 Å². The van der Waals surface area contributed by atoms with Crippen LogP contribution in [0.5, 0.6) is 0 Å². The van der Waals surface area contributed by atoms with Crippen molar-refractivity contribution in [2.24, 2.45) is 11.7 Å². The molecule has 0 saturated heterocycles. The molecule has 0 radical (unpaired) electrons. The summed E-state index contributed by atoms with van der Waals surface area (Å²) >= 11 is 0. The maximum atomic E-state index is 11.9. The number of aromatic nitrogens is 1. The largest absolute Gasteiger partial charge is 0.326 e. The Morgan fingerprint density at radius 1 is 1.39 bits per heavy atom. The van der Waals surface area contributed by atoms with Gasteiger partial charge in [-0.15, -0.1) is 0 Å². The van der Waals surface area contributed by atoms with Crippen LogP contribution < -0.4 is 11.1 Å². The molecule has 1 aliphatic rings. The summed E-state index contributed by atoms with van der Waals surface area (Å²) in [5, 5.41) is 2.86. The van der Waals surface area contributed by atoms with Gasteiger partial charge in [0.05, 0.1) is 0 Å². The highest BCUT2D eigenvalue weighted by Crippen LogP contribution is 2.26. The summed E-state index contributed by atoms with van der Waals surface area (Å²) in [6, 6.07) is 3.69. The van der Waals surface area contributed by atoms with Crippen molar-refractivity contribution >= 4 is 11.7 Å². The highest BCUT2D eigenvalue weighted by Gasteiger charge is 2.17. The smallest absolute Gasteiger partial charge is 0.225 e. The SMILES string of the molecule is NCc1ccnc(NC(=O)CC2CCCCC2)c1. The van der Waals surface area contributed by atoms with Crippen molar-refractivity contribution < 1.29 is 4.79 Å². The fraction of sp³-hybridized carbons (Fsp3) is 0.571. The van der Waals surface area contributed by atoms with Crippen molar-refractivity contribution in [3.05, 3.63) is 23.9 Å². The number of anilines is 1. The van der Waals surface area contributed by atoms with Gasteiger partial charge in [0.2, 0.25) is 5.91 Å². The van der Waals surface area contributed by atoms with Gasteiger partial charge in [-0.25, -0.2) is 4.98 Å². The van der Waals surface area contributed by atoms with Crippen molar-refractivity contribution in [1.82, 2.24) is 4.98 Å². The predicted molar refractivity (Wildman–Crippen MR) is 72.0 cm³/mol. The standard InChI is InChI=1S/C14H21N3O/c15-10-12-6-7-16-13(8-12)17-14(18)9-11-4-2-1-3-5-11/h6-8,11H,1-5,9-10,15H2,(H,16,17,18). The molecule has 0 spiro atoms. The van der Waals surface area contributed by atoms with Crippen molar-refractivity contribution in [2.75, 3.05) is 5.32 Å².